The van der Waals surface area contributed by atoms with E-state index in [9.17, 15) is 14.4 Å². The summed E-state index contributed by atoms with van der Waals surface area (Å²) in [5.41, 5.74) is 11.7. The maximum Gasteiger partial charge on any atom is 0.227 e. The van der Waals surface area contributed by atoms with Crippen molar-refractivity contribution in [2.45, 2.75) is 94.9 Å². The molecular formula is C33H56N6O3. The van der Waals surface area contributed by atoms with E-state index in [1.807, 2.05) is 20.8 Å². The van der Waals surface area contributed by atoms with Crippen molar-refractivity contribution >= 4 is 29.2 Å². The number of nitrogens with zero attached hydrogens (tertiary/aromatic N) is 3. The molecule has 0 radical (unpaired) electrons. The van der Waals surface area contributed by atoms with Gasteiger partial charge in [-0.25, -0.2) is 10.9 Å². The Morgan fingerprint density at radius 2 is 1.40 bits per heavy atom. The number of anilines is 1. The smallest absolute Gasteiger partial charge is 0.227 e. The van der Waals surface area contributed by atoms with Gasteiger partial charge in [-0.15, -0.1) is 0 Å². The number of Topliss-reactive ketones (excluding diaryl/α,β-unsaturated/α-hetero) is 1. The first-order valence-electron chi connectivity index (χ1n) is 15.1. The second-order valence-electron chi connectivity index (χ2n) is 10.7. The number of carbonyl (C=O) groups excluding carboxylic acids is 3. The van der Waals surface area contributed by atoms with Crippen LogP contribution in [0.1, 0.15) is 94.1 Å². The molecule has 0 unspecified atom stereocenters. The Kier molecular flexibility index (Phi) is 18.0. The summed E-state index contributed by atoms with van der Waals surface area (Å²) in [5.74, 6) is 6.12. The molecule has 1 aromatic rings. The van der Waals surface area contributed by atoms with E-state index in [1.165, 1.54) is 29.6 Å². The van der Waals surface area contributed by atoms with E-state index >= 15 is 0 Å². The summed E-state index contributed by atoms with van der Waals surface area (Å²) >= 11 is 0. The number of amides is 2. The number of ketones is 1. The van der Waals surface area contributed by atoms with Gasteiger partial charge in [-0.2, -0.15) is 0 Å². The molecule has 1 aromatic carbocycles. The Morgan fingerprint density at radius 3 is 1.81 bits per heavy atom. The van der Waals surface area contributed by atoms with Crippen molar-refractivity contribution in [3.63, 3.8) is 0 Å². The molecule has 0 aliphatic carbocycles. The molecule has 0 aromatic heterocycles. The molecule has 0 atom stereocenters. The van der Waals surface area contributed by atoms with E-state index in [-0.39, 0.29) is 23.6 Å². The summed E-state index contributed by atoms with van der Waals surface area (Å²) in [6.45, 7) is 22.4. The van der Waals surface area contributed by atoms with Gasteiger partial charge in [0, 0.05) is 33.1 Å². The zero-order valence-corrected chi connectivity index (χ0v) is 27.8. The van der Waals surface area contributed by atoms with Crippen LogP contribution in [0.2, 0.25) is 0 Å². The van der Waals surface area contributed by atoms with Gasteiger partial charge in [-0.3, -0.25) is 19.8 Å². The number of benzene rings is 1. The number of nitrogens with one attached hydrogen (secondary N) is 1. The Balaban J connectivity index is 0.000000791. The lowest BCUT2D eigenvalue weighted by molar-refractivity contribution is -0.138. The lowest BCUT2D eigenvalue weighted by Gasteiger charge is -2.34. The van der Waals surface area contributed by atoms with Crippen LogP contribution in [-0.2, 0) is 20.8 Å². The van der Waals surface area contributed by atoms with Gasteiger partial charge in [-0.1, -0.05) is 58.7 Å². The number of hydrogen-bond acceptors (Lipinski definition) is 5. The van der Waals surface area contributed by atoms with Crippen LogP contribution in [-0.4, -0.2) is 59.5 Å². The van der Waals surface area contributed by atoms with Crippen molar-refractivity contribution in [3.05, 3.63) is 52.1 Å². The van der Waals surface area contributed by atoms with Crippen LogP contribution < -0.4 is 16.6 Å². The number of carbonyl (C=O) groups is 3. The van der Waals surface area contributed by atoms with E-state index in [1.54, 1.807) is 47.9 Å². The summed E-state index contributed by atoms with van der Waals surface area (Å²) in [7, 11) is 0. The van der Waals surface area contributed by atoms with Crippen molar-refractivity contribution in [3.8, 4) is 0 Å². The average molecular weight is 585 g/mol. The fourth-order valence-electron chi connectivity index (χ4n) is 4.76. The molecular weight excluding hydrogens is 528 g/mol. The van der Waals surface area contributed by atoms with E-state index in [2.05, 4.69) is 34.6 Å². The predicted molar refractivity (Wildman–Crippen MR) is 175 cm³/mol. The number of guanidine groups is 1. The summed E-state index contributed by atoms with van der Waals surface area (Å²) in [5, 5.41) is 8.34. The third kappa shape index (κ3) is 12.6. The van der Waals surface area contributed by atoms with Crippen LogP contribution in [0.15, 0.2) is 46.6 Å². The predicted octanol–water partition coefficient (Wildman–Crippen LogP) is 5.59. The maximum atomic E-state index is 12.3. The average Bonchev–Trinajstić information content (AvgIpc) is 2.96. The standard InChI is InChI=1S/C16H28O.C15H22N6O2.C2H6/c1-8-9-10-12(4)16(11(2)3)14(6)13(5)15(7)17;1-11(22)19-6-8-20(9-7-19)14(23)10-12-2-4-13(5-3-12)21(18)15(16)17;1-2/h11H,8-10H2,1-7H3;2-5H,6-10,18H2,1H3,(H3,16,17);1-2H3/b14-13+,16-12-;;. The fraction of sp³-hybridized carbons (Fsp3) is 0.576. The lowest BCUT2D eigenvalue weighted by Crippen LogP contribution is -2.50. The lowest BCUT2D eigenvalue weighted by atomic mass is 9.87. The number of hydrogen-bond donors (Lipinski definition) is 3. The van der Waals surface area contributed by atoms with Gasteiger partial charge in [0.15, 0.2) is 5.78 Å². The zero-order chi connectivity index (χ0) is 32.6. The highest BCUT2D eigenvalue weighted by atomic mass is 16.2. The van der Waals surface area contributed by atoms with Gasteiger partial charge >= 0.3 is 0 Å². The van der Waals surface area contributed by atoms with Gasteiger partial charge in [0.1, 0.15) is 0 Å². The summed E-state index contributed by atoms with van der Waals surface area (Å²) in [6, 6.07) is 7.03. The molecule has 0 bridgehead atoms. The molecule has 42 heavy (non-hydrogen) atoms. The van der Waals surface area contributed by atoms with Gasteiger partial charge < -0.3 is 15.5 Å². The molecule has 1 aliphatic heterocycles. The van der Waals surface area contributed by atoms with Crippen LogP contribution >= 0.6 is 0 Å². The minimum absolute atomic E-state index is 0.0390. The molecule has 236 valence electrons. The molecule has 9 heteroatoms. The van der Waals surface area contributed by atoms with Crippen molar-refractivity contribution < 1.29 is 14.4 Å². The van der Waals surface area contributed by atoms with Crippen LogP contribution in [0.3, 0.4) is 0 Å². The second kappa shape index (κ2) is 19.6. The van der Waals surface area contributed by atoms with Gasteiger partial charge in [-0.05, 0) is 80.9 Å². The van der Waals surface area contributed by atoms with Crippen molar-refractivity contribution in [2.24, 2.45) is 17.5 Å². The zero-order valence-electron chi connectivity index (χ0n) is 27.8. The van der Waals surface area contributed by atoms with Crippen LogP contribution in [0, 0.1) is 11.3 Å². The molecule has 0 saturated carbocycles. The molecule has 1 aliphatic rings. The molecule has 2 rings (SSSR count). The molecule has 2 amide bonds. The molecule has 1 saturated heterocycles. The second-order valence-corrected chi connectivity index (χ2v) is 10.7. The minimum Gasteiger partial charge on any atom is -0.369 e. The Morgan fingerprint density at radius 1 is 0.905 bits per heavy atom. The molecule has 1 fully saturated rings. The van der Waals surface area contributed by atoms with E-state index in [0.717, 1.165) is 22.6 Å². The first kappa shape index (κ1) is 38.5. The number of hydrazine groups is 1. The van der Waals surface area contributed by atoms with Gasteiger partial charge in [0.05, 0.1) is 12.1 Å². The van der Waals surface area contributed by atoms with Crippen molar-refractivity contribution in [2.75, 3.05) is 31.2 Å². The van der Waals surface area contributed by atoms with E-state index < -0.39 is 0 Å². The SMILES string of the molecule is CC.CC(=O)N1CCN(C(=O)Cc2ccc(N(N)C(=N)N)cc2)CC1.CCCC/C(C)=C(\C(C)=C(/C)C(C)=O)C(C)C. The fourth-order valence-corrected chi connectivity index (χ4v) is 4.76. The number of piperazine rings is 1. The van der Waals surface area contributed by atoms with E-state index in [4.69, 9.17) is 17.0 Å². The van der Waals surface area contributed by atoms with Gasteiger partial charge in [0.25, 0.3) is 0 Å². The molecule has 9 nitrogen and oxygen atoms in total. The Labute approximate surface area is 254 Å². The third-order valence-electron chi connectivity index (χ3n) is 7.34. The number of allylic oxidation sites excluding steroid dienone is 4. The van der Waals surface area contributed by atoms with Crippen LogP contribution in [0.4, 0.5) is 5.69 Å². The first-order chi connectivity index (χ1) is 19.7. The highest BCUT2D eigenvalue weighted by Crippen LogP contribution is 2.28. The monoisotopic (exact) mass is 584 g/mol. The van der Waals surface area contributed by atoms with Crippen LogP contribution in [0.5, 0.6) is 0 Å². The number of rotatable bonds is 9. The largest absolute Gasteiger partial charge is 0.369 e. The topological polar surface area (TPSA) is 137 Å². The van der Waals surface area contributed by atoms with Gasteiger partial charge in [0.2, 0.25) is 17.8 Å². The van der Waals surface area contributed by atoms with Crippen LogP contribution in [0.25, 0.3) is 0 Å². The minimum atomic E-state index is -0.253. The highest BCUT2D eigenvalue weighted by Gasteiger charge is 2.22. The highest BCUT2D eigenvalue weighted by molar-refractivity contribution is 5.94. The molecule has 5 N–H and O–H groups in total. The third-order valence-corrected chi connectivity index (χ3v) is 7.34. The summed E-state index contributed by atoms with van der Waals surface area (Å²) < 4.78 is 0. The first-order valence-corrected chi connectivity index (χ1v) is 15.1. The Bertz CT molecular complexity index is 1100. The molecule has 0 spiro atoms. The normalized spacial score (nSPS) is 14.0. The number of nitrogens with two attached hydrogens (primary N) is 2. The maximum absolute atomic E-state index is 12.3. The quantitative estimate of drug-likeness (QED) is 0.0864. The number of unbranched alkanes of at least 4 members (excludes halogenated alkanes) is 1. The van der Waals surface area contributed by atoms with Crippen molar-refractivity contribution in [1.29, 1.82) is 5.41 Å². The molecule has 1 heterocycles. The summed E-state index contributed by atoms with van der Waals surface area (Å²) in [4.78, 5) is 38.6. The Hall–Kier alpha value is -3.46. The van der Waals surface area contributed by atoms with E-state index in [0.29, 0.717) is 44.2 Å². The summed E-state index contributed by atoms with van der Waals surface area (Å²) in [6.07, 6.45) is 3.89. The van der Waals surface area contributed by atoms with Crippen molar-refractivity contribution in [1.82, 2.24) is 9.80 Å².